The maximum atomic E-state index is 12.5. The van der Waals surface area contributed by atoms with Gasteiger partial charge in [0.2, 0.25) is 5.91 Å². The lowest BCUT2D eigenvalue weighted by Gasteiger charge is -2.10. The van der Waals surface area contributed by atoms with Crippen molar-refractivity contribution >= 4 is 22.5 Å². The van der Waals surface area contributed by atoms with Gasteiger partial charge < -0.3 is 5.32 Å². The Morgan fingerprint density at radius 3 is 2.74 bits per heavy atom. The van der Waals surface area contributed by atoms with Gasteiger partial charge in [-0.15, -0.1) is 0 Å². The zero-order chi connectivity index (χ0) is 18.6. The van der Waals surface area contributed by atoms with Crippen molar-refractivity contribution in [1.82, 2.24) is 19.7 Å². The van der Waals surface area contributed by atoms with Gasteiger partial charge in [-0.2, -0.15) is 5.10 Å². The highest BCUT2D eigenvalue weighted by Gasteiger charge is 2.10. The Morgan fingerprint density at radius 1 is 1.00 bits per heavy atom. The second kappa shape index (κ2) is 7.17. The van der Waals surface area contributed by atoms with Gasteiger partial charge in [0.1, 0.15) is 6.54 Å². The standard InChI is InChI=1S/C20H15N5O2/c26-19(23-18-7-1-6-17-15(18)5-3-11-22-17)13-25-20(27)9-8-16(24-25)14-4-2-10-21-12-14/h1-12H,13H2,(H,23,26). The van der Waals surface area contributed by atoms with E-state index in [1.165, 1.54) is 6.07 Å². The quantitative estimate of drug-likeness (QED) is 0.606. The fourth-order valence-corrected chi connectivity index (χ4v) is 2.77. The van der Waals surface area contributed by atoms with E-state index in [-0.39, 0.29) is 18.0 Å². The van der Waals surface area contributed by atoms with E-state index >= 15 is 0 Å². The SMILES string of the molecule is O=C(Cn1nc(-c2cccnc2)ccc1=O)Nc1cccc2ncccc12. The van der Waals surface area contributed by atoms with E-state index in [9.17, 15) is 9.59 Å². The number of pyridine rings is 2. The average Bonchev–Trinajstić information content (AvgIpc) is 2.70. The van der Waals surface area contributed by atoms with Gasteiger partial charge in [0.25, 0.3) is 5.56 Å². The van der Waals surface area contributed by atoms with Crippen LogP contribution < -0.4 is 10.9 Å². The van der Waals surface area contributed by atoms with Crippen LogP contribution in [0.2, 0.25) is 0 Å². The number of hydrogen-bond donors (Lipinski definition) is 1. The molecule has 7 heteroatoms. The van der Waals surface area contributed by atoms with Gasteiger partial charge in [0.05, 0.1) is 16.9 Å². The number of carbonyl (C=O) groups excluding carboxylic acids is 1. The first-order valence-electron chi connectivity index (χ1n) is 8.33. The first-order chi connectivity index (χ1) is 13.2. The Labute approximate surface area is 154 Å². The van der Waals surface area contributed by atoms with Crippen molar-refractivity contribution in [3.05, 3.63) is 83.5 Å². The van der Waals surface area contributed by atoms with Gasteiger partial charge in [0, 0.05) is 35.6 Å². The van der Waals surface area contributed by atoms with Crippen molar-refractivity contribution in [2.24, 2.45) is 0 Å². The molecular formula is C20H15N5O2. The molecule has 1 aromatic carbocycles. The van der Waals surface area contributed by atoms with E-state index in [2.05, 4.69) is 20.4 Å². The predicted octanol–water partition coefficient (Wildman–Crippen LogP) is 2.49. The number of anilines is 1. The number of carbonyl (C=O) groups is 1. The largest absolute Gasteiger partial charge is 0.324 e. The highest BCUT2D eigenvalue weighted by atomic mass is 16.2. The first-order valence-corrected chi connectivity index (χ1v) is 8.33. The molecule has 0 atom stereocenters. The average molecular weight is 357 g/mol. The lowest BCUT2D eigenvalue weighted by molar-refractivity contribution is -0.117. The molecule has 0 aliphatic rings. The van der Waals surface area contributed by atoms with Crippen LogP contribution in [0.3, 0.4) is 0 Å². The summed E-state index contributed by atoms with van der Waals surface area (Å²) in [5.41, 5.74) is 2.42. The van der Waals surface area contributed by atoms with Gasteiger partial charge >= 0.3 is 0 Å². The number of nitrogens with one attached hydrogen (secondary N) is 1. The molecule has 0 aliphatic carbocycles. The molecular weight excluding hydrogens is 342 g/mol. The van der Waals surface area contributed by atoms with Crippen LogP contribution in [0, 0.1) is 0 Å². The number of rotatable bonds is 4. The molecule has 0 saturated heterocycles. The molecule has 0 unspecified atom stereocenters. The Morgan fingerprint density at radius 2 is 1.89 bits per heavy atom. The summed E-state index contributed by atoms with van der Waals surface area (Å²) in [5, 5.41) is 7.94. The smallest absolute Gasteiger partial charge is 0.267 e. The van der Waals surface area contributed by atoms with Crippen molar-refractivity contribution in [3.8, 4) is 11.3 Å². The Hall–Kier alpha value is -3.87. The van der Waals surface area contributed by atoms with E-state index in [4.69, 9.17) is 0 Å². The zero-order valence-corrected chi connectivity index (χ0v) is 14.2. The van der Waals surface area contributed by atoms with E-state index < -0.39 is 0 Å². The molecule has 4 rings (SSSR count). The third-order valence-corrected chi connectivity index (χ3v) is 4.04. The van der Waals surface area contributed by atoms with Gasteiger partial charge in [-0.05, 0) is 42.5 Å². The minimum absolute atomic E-state index is 0.191. The minimum atomic E-state index is -0.350. The maximum absolute atomic E-state index is 12.5. The number of fused-ring (bicyclic) bond motifs is 1. The van der Waals surface area contributed by atoms with Crippen LogP contribution in [0.5, 0.6) is 0 Å². The van der Waals surface area contributed by atoms with Crippen LogP contribution >= 0.6 is 0 Å². The van der Waals surface area contributed by atoms with Crippen molar-refractivity contribution < 1.29 is 4.79 Å². The molecule has 4 aromatic rings. The van der Waals surface area contributed by atoms with Crippen LogP contribution in [0.15, 0.2) is 78.0 Å². The summed E-state index contributed by atoms with van der Waals surface area (Å²) >= 11 is 0. The topological polar surface area (TPSA) is 89.8 Å². The second-order valence-electron chi connectivity index (χ2n) is 5.88. The Bertz CT molecular complexity index is 1170. The molecule has 3 aromatic heterocycles. The molecule has 3 heterocycles. The molecule has 132 valence electrons. The molecule has 0 saturated carbocycles. The number of aromatic nitrogens is 4. The Balaban J connectivity index is 1.59. The molecule has 0 radical (unpaired) electrons. The summed E-state index contributed by atoms with van der Waals surface area (Å²) in [5.74, 6) is -0.343. The summed E-state index contributed by atoms with van der Waals surface area (Å²) in [4.78, 5) is 32.9. The van der Waals surface area contributed by atoms with E-state index in [1.54, 1.807) is 42.9 Å². The first kappa shape index (κ1) is 16.6. The van der Waals surface area contributed by atoms with Gasteiger partial charge in [-0.3, -0.25) is 19.6 Å². The molecule has 0 aliphatic heterocycles. The minimum Gasteiger partial charge on any atom is -0.324 e. The number of nitrogens with zero attached hydrogens (tertiary/aromatic N) is 4. The van der Waals surface area contributed by atoms with Crippen LogP contribution in [0.25, 0.3) is 22.2 Å². The van der Waals surface area contributed by atoms with E-state index in [0.717, 1.165) is 21.1 Å². The molecule has 27 heavy (non-hydrogen) atoms. The summed E-state index contributed by atoms with van der Waals surface area (Å²) < 4.78 is 1.14. The molecule has 7 nitrogen and oxygen atoms in total. The molecule has 1 N–H and O–H groups in total. The summed E-state index contributed by atoms with van der Waals surface area (Å²) in [6, 6.07) is 15.8. The number of benzene rings is 1. The summed E-state index contributed by atoms with van der Waals surface area (Å²) in [7, 11) is 0. The van der Waals surface area contributed by atoms with Gasteiger partial charge in [-0.25, -0.2) is 4.68 Å². The van der Waals surface area contributed by atoms with Crippen molar-refractivity contribution in [2.75, 3.05) is 5.32 Å². The third kappa shape index (κ3) is 3.57. The summed E-state index contributed by atoms with van der Waals surface area (Å²) in [6.45, 7) is -0.191. The lowest BCUT2D eigenvalue weighted by atomic mass is 10.2. The highest BCUT2D eigenvalue weighted by molar-refractivity contribution is 6.00. The Kier molecular flexibility index (Phi) is 4.40. The molecule has 0 fully saturated rings. The van der Waals surface area contributed by atoms with Crippen LogP contribution in [0.1, 0.15) is 0 Å². The van der Waals surface area contributed by atoms with Crippen LogP contribution in [0.4, 0.5) is 5.69 Å². The number of hydrogen-bond acceptors (Lipinski definition) is 5. The normalized spacial score (nSPS) is 10.7. The summed E-state index contributed by atoms with van der Waals surface area (Å²) in [6.07, 6.45) is 5.01. The highest BCUT2D eigenvalue weighted by Crippen LogP contribution is 2.21. The molecule has 0 bridgehead atoms. The monoisotopic (exact) mass is 357 g/mol. The molecule has 0 spiro atoms. The van der Waals surface area contributed by atoms with E-state index in [1.807, 2.05) is 24.3 Å². The van der Waals surface area contributed by atoms with E-state index in [0.29, 0.717) is 11.4 Å². The molecule has 1 amide bonds. The second-order valence-corrected chi connectivity index (χ2v) is 5.88. The predicted molar refractivity (Wildman–Crippen MR) is 102 cm³/mol. The van der Waals surface area contributed by atoms with Gasteiger partial charge in [-0.1, -0.05) is 6.07 Å². The van der Waals surface area contributed by atoms with Crippen molar-refractivity contribution in [1.29, 1.82) is 0 Å². The maximum Gasteiger partial charge on any atom is 0.267 e. The zero-order valence-electron chi connectivity index (χ0n) is 14.2. The van der Waals surface area contributed by atoms with Crippen LogP contribution in [-0.4, -0.2) is 25.7 Å². The fraction of sp³-hybridized carbons (Fsp3) is 0.0500. The van der Waals surface area contributed by atoms with Crippen molar-refractivity contribution in [3.63, 3.8) is 0 Å². The van der Waals surface area contributed by atoms with Crippen molar-refractivity contribution in [2.45, 2.75) is 6.54 Å². The van der Waals surface area contributed by atoms with Gasteiger partial charge in [0.15, 0.2) is 0 Å². The number of amides is 1. The fourth-order valence-electron chi connectivity index (χ4n) is 2.77. The van der Waals surface area contributed by atoms with Crippen LogP contribution in [-0.2, 0) is 11.3 Å². The lowest BCUT2D eigenvalue weighted by Crippen LogP contribution is -2.29. The third-order valence-electron chi connectivity index (χ3n) is 4.04.